The molecule has 7 nitrogen and oxygen atoms in total. The Morgan fingerprint density at radius 3 is 2.37 bits per heavy atom. The fourth-order valence-electron chi connectivity index (χ4n) is 3.19. The molecule has 0 amide bonds. The number of hydrogen-bond acceptors (Lipinski definition) is 7. The molecular formula is C19H25NO6S. The van der Waals surface area contributed by atoms with Crippen molar-refractivity contribution in [3.05, 3.63) is 29.8 Å². The second-order valence-corrected chi connectivity index (χ2v) is 9.05. The van der Waals surface area contributed by atoms with Gasteiger partial charge >= 0.3 is 5.97 Å². The molecule has 3 rings (SSSR count). The molecule has 2 aliphatic carbocycles. The smallest absolute Gasteiger partial charge is 0.360 e. The molecule has 1 aromatic rings. The molecule has 0 heterocycles. The summed E-state index contributed by atoms with van der Waals surface area (Å²) >= 11 is 0. The summed E-state index contributed by atoms with van der Waals surface area (Å²) in [4.78, 5) is 17.9. The maximum atomic E-state index is 12.3. The Kier molecular flexibility index (Phi) is 6.16. The van der Waals surface area contributed by atoms with Gasteiger partial charge in [-0.05, 0) is 44.7 Å². The molecule has 2 aliphatic rings. The highest BCUT2D eigenvalue weighted by Gasteiger charge is 2.36. The molecule has 0 unspecified atom stereocenters. The van der Waals surface area contributed by atoms with Crippen LogP contribution < -0.4 is 0 Å². The number of methoxy groups -OCH3 is 1. The standard InChI is InChI=1S/C19H25NO6S/c1-3-25-14-6-7-15(12-14)26-20-18(19(21)24-2)13-4-8-16(9-5-13)27(22,23)17-10-11-17/h4-5,8-9,14-15,17H,3,6-7,10-12H2,1-2H3/b20-18+/t14-,15-/m1/s1. The summed E-state index contributed by atoms with van der Waals surface area (Å²) in [5, 5.41) is 3.74. The van der Waals surface area contributed by atoms with Crippen molar-refractivity contribution in [1.29, 1.82) is 0 Å². The molecule has 2 fully saturated rings. The van der Waals surface area contributed by atoms with E-state index in [-0.39, 0.29) is 28.1 Å². The van der Waals surface area contributed by atoms with Gasteiger partial charge in [0.15, 0.2) is 15.5 Å². The zero-order valence-electron chi connectivity index (χ0n) is 15.6. The van der Waals surface area contributed by atoms with Gasteiger partial charge in [-0.25, -0.2) is 13.2 Å². The SMILES string of the molecule is CCO[C@@H]1CC[C@@H](O/N=C(/C(=O)OC)c2ccc(S(=O)(=O)C3CC3)cc2)C1. The highest BCUT2D eigenvalue weighted by atomic mass is 32.2. The van der Waals surface area contributed by atoms with E-state index in [1.165, 1.54) is 19.2 Å². The van der Waals surface area contributed by atoms with Crippen LogP contribution in [0.4, 0.5) is 0 Å². The first kappa shape index (κ1) is 19.8. The van der Waals surface area contributed by atoms with Gasteiger partial charge in [0.1, 0.15) is 6.10 Å². The zero-order chi connectivity index (χ0) is 19.4. The largest absolute Gasteiger partial charge is 0.464 e. The van der Waals surface area contributed by atoms with Gasteiger partial charge in [-0.2, -0.15) is 0 Å². The van der Waals surface area contributed by atoms with Crippen molar-refractivity contribution < 1.29 is 27.5 Å². The lowest BCUT2D eigenvalue weighted by molar-refractivity contribution is -0.132. The number of esters is 1. The van der Waals surface area contributed by atoms with E-state index < -0.39 is 15.8 Å². The van der Waals surface area contributed by atoms with Crippen molar-refractivity contribution >= 4 is 21.5 Å². The lowest BCUT2D eigenvalue weighted by atomic mass is 10.1. The van der Waals surface area contributed by atoms with Gasteiger partial charge in [0, 0.05) is 18.6 Å². The van der Waals surface area contributed by atoms with Crippen LogP contribution in [0, 0.1) is 0 Å². The van der Waals surface area contributed by atoms with Crippen molar-refractivity contribution in [2.24, 2.45) is 5.16 Å². The summed E-state index contributed by atoms with van der Waals surface area (Å²) in [5.41, 5.74) is 0.476. The van der Waals surface area contributed by atoms with Crippen LogP contribution in [0.15, 0.2) is 34.3 Å². The van der Waals surface area contributed by atoms with Gasteiger partial charge in [0.2, 0.25) is 0 Å². The van der Waals surface area contributed by atoms with E-state index in [4.69, 9.17) is 14.3 Å². The third-order valence-electron chi connectivity index (χ3n) is 4.83. The van der Waals surface area contributed by atoms with Gasteiger partial charge in [-0.3, -0.25) is 0 Å². The number of rotatable bonds is 8. The minimum Gasteiger partial charge on any atom is -0.464 e. The van der Waals surface area contributed by atoms with Gasteiger partial charge in [0.25, 0.3) is 0 Å². The van der Waals surface area contributed by atoms with Crippen LogP contribution in [0.2, 0.25) is 0 Å². The highest BCUT2D eigenvalue weighted by molar-refractivity contribution is 7.92. The predicted molar refractivity (Wildman–Crippen MR) is 99.3 cm³/mol. The summed E-state index contributed by atoms with van der Waals surface area (Å²) < 4.78 is 35.0. The summed E-state index contributed by atoms with van der Waals surface area (Å²) in [6.07, 6.45) is 3.88. The summed E-state index contributed by atoms with van der Waals surface area (Å²) in [7, 11) is -2.00. The van der Waals surface area contributed by atoms with Crippen molar-refractivity contribution in [2.45, 2.75) is 61.4 Å². The third kappa shape index (κ3) is 4.68. The van der Waals surface area contributed by atoms with E-state index in [9.17, 15) is 13.2 Å². The molecule has 2 atom stereocenters. The van der Waals surface area contributed by atoms with E-state index in [1.807, 2.05) is 6.92 Å². The predicted octanol–water partition coefficient (Wildman–Crippen LogP) is 2.47. The normalized spacial score (nSPS) is 23.3. The van der Waals surface area contributed by atoms with Gasteiger partial charge < -0.3 is 14.3 Å². The Morgan fingerprint density at radius 1 is 1.11 bits per heavy atom. The molecule has 0 aliphatic heterocycles. The van der Waals surface area contributed by atoms with Crippen LogP contribution >= 0.6 is 0 Å². The zero-order valence-corrected chi connectivity index (χ0v) is 16.4. The summed E-state index contributed by atoms with van der Waals surface area (Å²) in [5.74, 6) is -0.632. The molecule has 1 aromatic carbocycles. The van der Waals surface area contributed by atoms with E-state index in [2.05, 4.69) is 5.16 Å². The number of hydrogen-bond donors (Lipinski definition) is 0. The van der Waals surface area contributed by atoms with E-state index in [1.54, 1.807) is 12.1 Å². The molecule has 0 bridgehead atoms. The van der Waals surface area contributed by atoms with Crippen molar-refractivity contribution in [1.82, 2.24) is 0 Å². The number of benzene rings is 1. The first-order chi connectivity index (χ1) is 13.0. The molecule has 0 saturated heterocycles. The van der Waals surface area contributed by atoms with Crippen LogP contribution in [-0.2, 0) is 28.9 Å². The Hall–Kier alpha value is -1.93. The number of sulfone groups is 1. The minimum absolute atomic E-state index is 0.0210. The lowest BCUT2D eigenvalue weighted by Crippen LogP contribution is -2.19. The van der Waals surface area contributed by atoms with Crippen LogP contribution in [0.1, 0.15) is 44.6 Å². The van der Waals surface area contributed by atoms with Gasteiger partial charge in [-0.15, -0.1) is 0 Å². The molecule has 0 N–H and O–H groups in total. The van der Waals surface area contributed by atoms with Gasteiger partial charge in [-0.1, -0.05) is 17.3 Å². The van der Waals surface area contributed by atoms with Crippen LogP contribution in [0.5, 0.6) is 0 Å². The molecule has 0 aromatic heterocycles. The Morgan fingerprint density at radius 2 is 1.78 bits per heavy atom. The first-order valence-electron chi connectivity index (χ1n) is 9.23. The minimum atomic E-state index is -3.27. The molecule has 0 radical (unpaired) electrons. The molecular weight excluding hydrogens is 370 g/mol. The van der Waals surface area contributed by atoms with E-state index in [0.29, 0.717) is 25.0 Å². The third-order valence-corrected chi connectivity index (χ3v) is 7.11. The first-order valence-corrected chi connectivity index (χ1v) is 10.8. The van der Waals surface area contributed by atoms with Crippen molar-refractivity contribution in [3.8, 4) is 0 Å². The summed E-state index contributed by atoms with van der Waals surface area (Å²) in [6, 6.07) is 6.13. The molecule has 148 valence electrons. The maximum absolute atomic E-state index is 12.3. The number of carbonyl (C=O) groups is 1. The van der Waals surface area contributed by atoms with E-state index in [0.717, 1.165) is 19.3 Å². The van der Waals surface area contributed by atoms with Crippen LogP contribution in [0.3, 0.4) is 0 Å². The van der Waals surface area contributed by atoms with Gasteiger partial charge in [0.05, 0.1) is 23.4 Å². The second kappa shape index (κ2) is 8.39. The Bertz CT molecular complexity index is 798. The summed E-state index contributed by atoms with van der Waals surface area (Å²) in [6.45, 7) is 2.61. The second-order valence-electron chi connectivity index (χ2n) is 6.82. The Balaban J connectivity index is 1.74. The molecule has 0 spiro atoms. The van der Waals surface area contributed by atoms with Crippen molar-refractivity contribution in [3.63, 3.8) is 0 Å². The topological polar surface area (TPSA) is 91.3 Å². The quantitative estimate of drug-likeness (QED) is 0.381. The molecule has 8 heteroatoms. The van der Waals surface area contributed by atoms with Crippen molar-refractivity contribution in [2.75, 3.05) is 13.7 Å². The van der Waals surface area contributed by atoms with E-state index >= 15 is 0 Å². The highest BCUT2D eigenvalue weighted by Crippen LogP contribution is 2.33. The van der Waals surface area contributed by atoms with Crippen LogP contribution in [-0.4, -0.2) is 51.3 Å². The number of nitrogens with zero attached hydrogens (tertiary/aromatic N) is 1. The monoisotopic (exact) mass is 395 g/mol. The lowest BCUT2D eigenvalue weighted by Gasteiger charge is -2.11. The molecule has 27 heavy (non-hydrogen) atoms. The van der Waals surface area contributed by atoms with Crippen LogP contribution in [0.25, 0.3) is 0 Å². The maximum Gasteiger partial charge on any atom is 0.360 e. The fraction of sp³-hybridized carbons (Fsp3) is 0.579. The number of oxime groups is 1. The average molecular weight is 395 g/mol. The fourth-order valence-corrected chi connectivity index (χ4v) is 4.85. The number of ether oxygens (including phenoxy) is 2. The average Bonchev–Trinajstić information content (AvgIpc) is 3.44. The molecule has 2 saturated carbocycles. The number of carbonyl (C=O) groups excluding carboxylic acids is 1. The Labute approximate surface area is 159 Å².